The highest BCUT2D eigenvalue weighted by atomic mass is 79.9. The van der Waals surface area contributed by atoms with Crippen LogP contribution in [0.25, 0.3) is 0 Å². The highest BCUT2D eigenvalue weighted by Gasteiger charge is 2.01. The van der Waals surface area contributed by atoms with Gasteiger partial charge in [0, 0.05) is 28.7 Å². The molecule has 1 rings (SSSR count). The number of nitrogens with zero attached hydrogens (tertiary/aromatic N) is 1. The molecular weight excluding hydrogens is 277 g/mol. The number of aromatic nitrogens is 1. The van der Waals surface area contributed by atoms with Crippen LogP contribution in [0.3, 0.4) is 0 Å². The van der Waals surface area contributed by atoms with Crippen LogP contribution in [0.1, 0.15) is 24.8 Å². The Balaban J connectivity index is 2.64. The minimum absolute atomic E-state index is 0.101. The monoisotopic (exact) mass is 291 g/mol. The lowest BCUT2D eigenvalue weighted by molar-refractivity contribution is 0.585. The average molecular weight is 293 g/mol. The predicted octanol–water partition coefficient (Wildman–Crippen LogP) is 3.33. The van der Waals surface area contributed by atoms with Crippen molar-refractivity contribution in [3.8, 4) is 0 Å². The molecule has 0 aromatic carbocycles. The fourth-order valence-electron chi connectivity index (χ4n) is 1.46. The number of aryl methyl sites for hydroxylation is 2. The molecule has 1 heterocycles. The van der Waals surface area contributed by atoms with Gasteiger partial charge in [-0.3, -0.25) is 4.79 Å². The quantitative estimate of drug-likeness (QED) is 0.603. The van der Waals surface area contributed by atoms with E-state index in [4.69, 9.17) is 11.6 Å². The minimum atomic E-state index is 0.101. The number of halogens is 2. The van der Waals surface area contributed by atoms with Crippen molar-refractivity contribution in [2.45, 2.75) is 32.7 Å². The van der Waals surface area contributed by atoms with Gasteiger partial charge in [-0.15, -0.1) is 11.6 Å². The Hall–Kier alpha value is -0.280. The minimum Gasteiger partial charge on any atom is -0.314 e. The Morgan fingerprint density at radius 2 is 2.13 bits per heavy atom. The molecule has 0 atom stereocenters. The summed E-state index contributed by atoms with van der Waals surface area (Å²) in [4.78, 5) is 11.7. The van der Waals surface area contributed by atoms with Crippen LogP contribution < -0.4 is 5.56 Å². The van der Waals surface area contributed by atoms with Gasteiger partial charge in [0.2, 0.25) is 0 Å². The zero-order valence-electron chi connectivity index (χ0n) is 8.80. The fourth-order valence-corrected chi connectivity index (χ4v) is 2.24. The number of hydrogen-bond acceptors (Lipinski definition) is 1. The molecule has 0 aliphatic heterocycles. The summed E-state index contributed by atoms with van der Waals surface area (Å²) in [6, 6.07) is 1.84. The number of rotatable bonds is 5. The third kappa shape index (κ3) is 3.99. The smallest absolute Gasteiger partial charge is 0.253 e. The maximum absolute atomic E-state index is 11.7. The van der Waals surface area contributed by atoms with Crippen molar-refractivity contribution >= 4 is 27.5 Å². The fraction of sp³-hybridized carbons (Fsp3) is 0.545. The zero-order chi connectivity index (χ0) is 11.3. The molecule has 0 unspecified atom stereocenters. The molecule has 0 fully saturated rings. The summed E-state index contributed by atoms with van der Waals surface area (Å²) in [5.41, 5.74) is 0.880. The molecule has 1 aromatic rings. The van der Waals surface area contributed by atoms with E-state index in [1.807, 2.05) is 19.2 Å². The van der Waals surface area contributed by atoms with E-state index in [2.05, 4.69) is 15.9 Å². The lowest BCUT2D eigenvalue weighted by atomic mass is 10.2. The molecule has 0 N–H and O–H groups in total. The second kappa shape index (κ2) is 6.33. The molecule has 15 heavy (non-hydrogen) atoms. The normalized spacial score (nSPS) is 10.6. The first kappa shape index (κ1) is 12.8. The van der Waals surface area contributed by atoms with Crippen LogP contribution in [0.15, 0.2) is 21.5 Å². The third-order valence-corrected chi connectivity index (χ3v) is 2.97. The summed E-state index contributed by atoms with van der Waals surface area (Å²) in [6.07, 6.45) is 4.93. The van der Waals surface area contributed by atoms with Gasteiger partial charge in [-0.05, 0) is 41.8 Å². The van der Waals surface area contributed by atoms with Crippen LogP contribution in [0.4, 0.5) is 0 Å². The zero-order valence-corrected chi connectivity index (χ0v) is 11.1. The molecule has 0 radical (unpaired) electrons. The Kier molecular flexibility index (Phi) is 5.40. The summed E-state index contributed by atoms with van der Waals surface area (Å²) in [5.74, 6) is 0.701. The maximum Gasteiger partial charge on any atom is 0.253 e. The van der Waals surface area contributed by atoms with E-state index in [0.717, 1.165) is 35.8 Å². The van der Waals surface area contributed by atoms with Crippen LogP contribution in [-0.2, 0) is 6.54 Å². The first-order valence-electron chi connectivity index (χ1n) is 5.07. The maximum atomic E-state index is 11.7. The van der Waals surface area contributed by atoms with Gasteiger partial charge in [0.05, 0.1) is 0 Å². The van der Waals surface area contributed by atoms with Crippen LogP contribution in [0.2, 0.25) is 0 Å². The highest BCUT2D eigenvalue weighted by molar-refractivity contribution is 9.10. The van der Waals surface area contributed by atoms with Crippen molar-refractivity contribution in [1.82, 2.24) is 4.57 Å². The lowest BCUT2D eigenvalue weighted by Gasteiger charge is -2.07. The predicted molar refractivity (Wildman–Crippen MR) is 67.7 cm³/mol. The van der Waals surface area contributed by atoms with Crippen LogP contribution in [0.5, 0.6) is 0 Å². The largest absolute Gasteiger partial charge is 0.314 e. The standard InChI is InChI=1S/C11H15BrClNO/c1-9-7-10(12)8-14(11(9)15)6-4-2-3-5-13/h7-8H,2-6H2,1H3. The first-order valence-corrected chi connectivity index (χ1v) is 6.40. The van der Waals surface area contributed by atoms with Crippen molar-refractivity contribution in [1.29, 1.82) is 0 Å². The Labute approximate surface area is 103 Å². The van der Waals surface area contributed by atoms with Gasteiger partial charge < -0.3 is 4.57 Å². The molecule has 4 heteroatoms. The molecule has 0 aliphatic rings. The molecule has 0 saturated carbocycles. The topological polar surface area (TPSA) is 22.0 Å². The van der Waals surface area contributed by atoms with Crippen LogP contribution >= 0.6 is 27.5 Å². The van der Waals surface area contributed by atoms with Gasteiger partial charge in [-0.25, -0.2) is 0 Å². The molecule has 2 nitrogen and oxygen atoms in total. The van der Waals surface area contributed by atoms with E-state index in [9.17, 15) is 4.79 Å². The summed E-state index contributed by atoms with van der Waals surface area (Å²) < 4.78 is 2.71. The van der Waals surface area contributed by atoms with E-state index in [-0.39, 0.29) is 5.56 Å². The first-order chi connectivity index (χ1) is 7.15. The number of unbranched alkanes of at least 4 members (excludes halogenated alkanes) is 2. The lowest BCUT2D eigenvalue weighted by Crippen LogP contribution is -2.21. The second-order valence-corrected chi connectivity index (χ2v) is 4.88. The number of alkyl halides is 1. The molecule has 0 saturated heterocycles. The van der Waals surface area contributed by atoms with Crippen molar-refractivity contribution in [3.05, 3.63) is 32.7 Å². The van der Waals surface area contributed by atoms with Gasteiger partial charge >= 0.3 is 0 Å². The number of pyridine rings is 1. The van der Waals surface area contributed by atoms with Gasteiger partial charge in [0.25, 0.3) is 5.56 Å². The molecular formula is C11H15BrClNO. The van der Waals surface area contributed by atoms with E-state index >= 15 is 0 Å². The van der Waals surface area contributed by atoms with E-state index in [0.29, 0.717) is 5.88 Å². The van der Waals surface area contributed by atoms with Gasteiger partial charge in [-0.2, -0.15) is 0 Å². The van der Waals surface area contributed by atoms with E-state index < -0.39 is 0 Å². The van der Waals surface area contributed by atoms with Gasteiger partial charge in [0.1, 0.15) is 0 Å². The van der Waals surface area contributed by atoms with Gasteiger partial charge in [0.15, 0.2) is 0 Å². The highest BCUT2D eigenvalue weighted by Crippen LogP contribution is 2.09. The van der Waals surface area contributed by atoms with E-state index in [1.54, 1.807) is 4.57 Å². The second-order valence-electron chi connectivity index (χ2n) is 3.59. The van der Waals surface area contributed by atoms with Crippen LogP contribution in [0, 0.1) is 6.92 Å². The Bertz CT molecular complexity index is 375. The summed E-state index contributed by atoms with van der Waals surface area (Å²) in [6.45, 7) is 2.61. The molecule has 0 spiro atoms. The van der Waals surface area contributed by atoms with Crippen molar-refractivity contribution < 1.29 is 0 Å². The van der Waals surface area contributed by atoms with Gasteiger partial charge in [-0.1, -0.05) is 6.42 Å². The molecule has 0 bridgehead atoms. The molecule has 0 amide bonds. The van der Waals surface area contributed by atoms with Crippen molar-refractivity contribution in [3.63, 3.8) is 0 Å². The summed E-state index contributed by atoms with van der Waals surface area (Å²) >= 11 is 8.98. The van der Waals surface area contributed by atoms with E-state index in [1.165, 1.54) is 0 Å². The summed E-state index contributed by atoms with van der Waals surface area (Å²) in [5, 5.41) is 0. The summed E-state index contributed by atoms with van der Waals surface area (Å²) in [7, 11) is 0. The molecule has 1 aromatic heterocycles. The molecule has 0 aliphatic carbocycles. The SMILES string of the molecule is Cc1cc(Br)cn(CCCCCCl)c1=O. The Morgan fingerprint density at radius 3 is 2.80 bits per heavy atom. The van der Waals surface area contributed by atoms with Crippen molar-refractivity contribution in [2.24, 2.45) is 0 Å². The molecule has 84 valence electrons. The Morgan fingerprint density at radius 1 is 1.40 bits per heavy atom. The van der Waals surface area contributed by atoms with Crippen LogP contribution in [-0.4, -0.2) is 10.4 Å². The average Bonchev–Trinajstić information content (AvgIpc) is 2.19. The number of hydrogen-bond donors (Lipinski definition) is 0. The third-order valence-electron chi connectivity index (χ3n) is 2.26. The van der Waals surface area contributed by atoms with Crippen molar-refractivity contribution in [2.75, 3.05) is 5.88 Å².